The third-order valence-electron chi connectivity index (χ3n) is 2.66. The molecule has 5 heteroatoms. The van der Waals surface area contributed by atoms with Crippen LogP contribution in [0, 0.1) is 5.92 Å². The van der Waals surface area contributed by atoms with Crippen molar-refractivity contribution >= 4 is 0 Å². The molecule has 0 aromatic rings. The highest BCUT2D eigenvalue weighted by molar-refractivity contribution is 4.80. The molecule has 0 aromatic carbocycles. The lowest BCUT2D eigenvalue weighted by Gasteiger charge is -2.35. The van der Waals surface area contributed by atoms with Crippen LogP contribution in [0.4, 0.5) is 13.2 Å². The van der Waals surface area contributed by atoms with Gasteiger partial charge in [-0.05, 0) is 39.8 Å². The molecule has 0 amide bonds. The smallest absolute Gasteiger partial charge is 0.389 e. The van der Waals surface area contributed by atoms with Gasteiger partial charge in [0.2, 0.25) is 0 Å². The van der Waals surface area contributed by atoms with Crippen LogP contribution in [-0.2, 0) is 0 Å². The average Bonchev–Trinajstić information content (AvgIpc) is 2.00. The van der Waals surface area contributed by atoms with Crippen molar-refractivity contribution in [1.82, 2.24) is 4.90 Å². The summed E-state index contributed by atoms with van der Waals surface area (Å²) in [5, 5.41) is 9.53. The fourth-order valence-corrected chi connectivity index (χ4v) is 1.97. The van der Waals surface area contributed by atoms with E-state index in [1.165, 1.54) is 0 Å². The molecule has 1 aliphatic heterocycles. The molecule has 1 N–H and O–H groups in total. The zero-order chi connectivity index (χ0) is 11.7. The number of likely N-dealkylation sites (tertiary alicyclic amines) is 1. The van der Waals surface area contributed by atoms with Crippen molar-refractivity contribution in [3.05, 3.63) is 0 Å². The summed E-state index contributed by atoms with van der Waals surface area (Å²) in [6, 6.07) is 0. The van der Waals surface area contributed by atoms with Gasteiger partial charge in [-0.3, -0.25) is 0 Å². The van der Waals surface area contributed by atoms with Crippen molar-refractivity contribution in [2.75, 3.05) is 19.6 Å². The third kappa shape index (κ3) is 4.38. The number of halogens is 3. The summed E-state index contributed by atoms with van der Waals surface area (Å²) in [5.74, 6) is -1.16. The van der Waals surface area contributed by atoms with Gasteiger partial charge in [-0.15, -0.1) is 0 Å². The molecule has 1 heterocycles. The van der Waals surface area contributed by atoms with E-state index in [1.807, 2.05) is 4.90 Å². The first-order chi connectivity index (χ1) is 6.68. The lowest BCUT2D eigenvalue weighted by Crippen LogP contribution is -2.45. The van der Waals surface area contributed by atoms with Gasteiger partial charge in [-0.1, -0.05) is 0 Å². The van der Waals surface area contributed by atoms with E-state index in [0.717, 1.165) is 0 Å². The largest absolute Gasteiger partial charge is 0.391 e. The molecule has 0 unspecified atom stereocenters. The molecule has 1 rings (SSSR count). The van der Waals surface area contributed by atoms with Crippen molar-refractivity contribution < 1.29 is 18.3 Å². The molecule has 0 atom stereocenters. The maximum atomic E-state index is 12.3. The Kier molecular flexibility index (Phi) is 3.66. The molecule has 0 bridgehead atoms. The van der Waals surface area contributed by atoms with Gasteiger partial charge < -0.3 is 10.0 Å². The minimum Gasteiger partial charge on any atom is -0.389 e. The summed E-state index contributed by atoms with van der Waals surface area (Å²) in [5.41, 5.74) is -0.828. The van der Waals surface area contributed by atoms with Gasteiger partial charge in [0.15, 0.2) is 0 Å². The van der Waals surface area contributed by atoms with Crippen LogP contribution in [-0.4, -0.2) is 41.4 Å². The number of rotatable bonds is 2. The van der Waals surface area contributed by atoms with Crippen molar-refractivity contribution in [1.29, 1.82) is 0 Å². The SMILES string of the molecule is CC(C)(O)CN1CCC(C(F)(F)F)CC1. The van der Waals surface area contributed by atoms with Crippen LogP contribution in [0.1, 0.15) is 26.7 Å². The summed E-state index contributed by atoms with van der Waals surface area (Å²) in [4.78, 5) is 1.89. The Bertz CT molecular complexity index is 202. The van der Waals surface area contributed by atoms with Crippen LogP contribution >= 0.6 is 0 Å². The van der Waals surface area contributed by atoms with Gasteiger partial charge in [0.05, 0.1) is 11.5 Å². The van der Waals surface area contributed by atoms with E-state index in [0.29, 0.717) is 19.6 Å². The number of aliphatic hydroxyl groups is 1. The van der Waals surface area contributed by atoms with Crippen LogP contribution in [0.15, 0.2) is 0 Å². The Morgan fingerprint density at radius 2 is 1.67 bits per heavy atom. The highest BCUT2D eigenvalue weighted by atomic mass is 19.4. The summed E-state index contributed by atoms with van der Waals surface area (Å²) in [6.45, 7) is 4.63. The van der Waals surface area contributed by atoms with Crippen molar-refractivity contribution in [3.63, 3.8) is 0 Å². The maximum Gasteiger partial charge on any atom is 0.391 e. The van der Waals surface area contributed by atoms with Crippen LogP contribution < -0.4 is 0 Å². The maximum absolute atomic E-state index is 12.3. The number of alkyl halides is 3. The lowest BCUT2D eigenvalue weighted by atomic mass is 9.95. The normalized spacial score (nSPS) is 22.0. The molecule has 0 radical (unpaired) electrons. The van der Waals surface area contributed by atoms with Gasteiger partial charge in [0.1, 0.15) is 0 Å². The van der Waals surface area contributed by atoms with E-state index in [4.69, 9.17) is 0 Å². The first-order valence-electron chi connectivity index (χ1n) is 5.20. The second-order valence-corrected chi connectivity index (χ2v) is 4.90. The third-order valence-corrected chi connectivity index (χ3v) is 2.66. The Morgan fingerprint density at radius 3 is 2.00 bits per heavy atom. The molecule has 90 valence electrons. The van der Waals surface area contributed by atoms with Crippen LogP contribution in [0.3, 0.4) is 0 Å². The Labute approximate surface area is 88.1 Å². The second kappa shape index (κ2) is 4.29. The van der Waals surface area contributed by atoms with Crippen LogP contribution in [0.2, 0.25) is 0 Å². The van der Waals surface area contributed by atoms with E-state index >= 15 is 0 Å². The Balaban J connectivity index is 2.37. The molecule has 0 spiro atoms. The number of β-amino-alcohol motifs (C(OH)–C–C–N with tert-alkyl or cyclic N) is 1. The summed E-state index contributed by atoms with van der Waals surface area (Å²) in [7, 11) is 0. The average molecular weight is 225 g/mol. The number of hydrogen-bond acceptors (Lipinski definition) is 2. The molecule has 2 nitrogen and oxygen atoms in total. The van der Waals surface area contributed by atoms with E-state index in [1.54, 1.807) is 13.8 Å². The van der Waals surface area contributed by atoms with Gasteiger partial charge in [-0.25, -0.2) is 0 Å². The summed E-state index contributed by atoms with van der Waals surface area (Å²) < 4.78 is 37.0. The molecular weight excluding hydrogens is 207 g/mol. The van der Waals surface area contributed by atoms with E-state index < -0.39 is 17.7 Å². The Morgan fingerprint density at radius 1 is 1.20 bits per heavy atom. The molecule has 1 fully saturated rings. The minimum absolute atomic E-state index is 0.152. The van der Waals surface area contributed by atoms with Gasteiger partial charge >= 0.3 is 6.18 Å². The molecule has 0 saturated carbocycles. The second-order valence-electron chi connectivity index (χ2n) is 4.90. The molecular formula is C10H18F3NO. The zero-order valence-corrected chi connectivity index (χ0v) is 9.14. The minimum atomic E-state index is -4.05. The molecule has 1 saturated heterocycles. The highest BCUT2D eigenvalue weighted by Crippen LogP contribution is 2.34. The molecule has 0 aliphatic carbocycles. The monoisotopic (exact) mass is 225 g/mol. The predicted octanol–water partition coefficient (Wildman–Crippen LogP) is 2.03. The summed E-state index contributed by atoms with van der Waals surface area (Å²) >= 11 is 0. The molecule has 1 aliphatic rings. The first-order valence-corrected chi connectivity index (χ1v) is 5.20. The fraction of sp³-hybridized carbons (Fsp3) is 1.00. The molecule has 15 heavy (non-hydrogen) atoms. The quantitative estimate of drug-likeness (QED) is 0.777. The number of hydrogen-bond donors (Lipinski definition) is 1. The predicted molar refractivity (Wildman–Crippen MR) is 51.5 cm³/mol. The van der Waals surface area contributed by atoms with Crippen molar-refractivity contribution in [3.8, 4) is 0 Å². The van der Waals surface area contributed by atoms with Crippen molar-refractivity contribution in [2.24, 2.45) is 5.92 Å². The van der Waals surface area contributed by atoms with Crippen molar-refractivity contribution in [2.45, 2.75) is 38.5 Å². The van der Waals surface area contributed by atoms with E-state index in [2.05, 4.69) is 0 Å². The van der Waals surface area contributed by atoms with Gasteiger partial charge in [0.25, 0.3) is 0 Å². The lowest BCUT2D eigenvalue weighted by molar-refractivity contribution is -0.185. The van der Waals surface area contributed by atoms with Gasteiger partial charge in [0, 0.05) is 6.54 Å². The molecule has 0 aromatic heterocycles. The number of piperidine rings is 1. The summed E-state index contributed by atoms with van der Waals surface area (Å²) in [6.07, 6.45) is -3.75. The fourth-order valence-electron chi connectivity index (χ4n) is 1.97. The standard InChI is InChI=1S/C10H18F3NO/c1-9(2,15)7-14-5-3-8(4-6-14)10(11,12)13/h8,15H,3-7H2,1-2H3. The zero-order valence-electron chi connectivity index (χ0n) is 9.14. The van der Waals surface area contributed by atoms with E-state index in [9.17, 15) is 18.3 Å². The van der Waals surface area contributed by atoms with E-state index in [-0.39, 0.29) is 12.8 Å². The van der Waals surface area contributed by atoms with Crippen LogP contribution in [0.5, 0.6) is 0 Å². The first kappa shape index (κ1) is 12.8. The topological polar surface area (TPSA) is 23.5 Å². The van der Waals surface area contributed by atoms with Gasteiger partial charge in [-0.2, -0.15) is 13.2 Å². The number of nitrogens with zero attached hydrogens (tertiary/aromatic N) is 1. The highest BCUT2D eigenvalue weighted by Gasteiger charge is 2.41. The van der Waals surface area contributed by atoms with Crippen LogP contribution in [0.25, 0.3) is 0 Å². The Hall–Kier alpha value is -0.290.